The highest BCUT2D eigenvalue weighted by molar-refractivity contribution is 6.11. The molecule has 1 aliphatic rings. The zero-order valence-corrected chi connectivity index (χ0v) is 5.23. The second-order valence-corrected chi connectivity index (χ2v) is 2.24. The molecule has 2 N–H and O–H groups in total. The number of aliphatic hydroxyl groups is 1. The predicted molar refractivity (Wildman–Crippen MR) is 32.7 cm³/mol. The highest BCUT2D eigenvalue weighted by Crippen LogP contribution is 2.17. The van der Waals surface area contributed by atoms with E-state index in [0.717, 1.165) is 0 Å². The Kier molecular flexibility index (Phi) is 1.96. The van der Waals surface area contributed by atoms with E-state index >= 15 is 0 Å². The molecule has 0 bridgehead atoms. The first-order valence-electron chi connectivity index (χ1n) is 2.93. The Bertz CT molecular complexity index is 149. The molecule has 10 heavy (non-hydrogen) atoms. The summed E-state index contributed by atoms with van der Waals surface area (Å²) in [6.07, 6.45) is -1.92. The van der Waals surface area contributed by atoms with Crippen molar-refractivity contribution in [2.75, 3.05) is 0 Å². The van der Waals surface area contributed by atoms with Crippen LogP contribution in [0, 0.1) is 0 Å². The van der Waals surface area contributed by atoms with Gasteiger partial charge in [0.05, 0.1) is 6.10 Å². The molecule has 1 fully saturated rings. The molecule has 4 nitrogen and oxygen atoms in total. The van der Waals surface area contributed by atoms with E-state index < -0.39 is 24.2 Å². The van der Waals surface area contributed by atoms with Crippen molar-refractivity contribution in [1.29, 1.82) is 0 Å². The number of rotatable bonds is 1. The largest absolute Gasteiger partial charge is 0.479 e. The van der Waals surface area contributed by atoms with Gasteiger partial charge in [-0.25, -0.2) is 4.79 Å². The monoisotopic (exact) mass is 142 g/mol. The standard InChI is InChI=1S/C5H7BO4/c6-3-1-2(7)4(10-3)5(8)9/h2-4,7H,1H2,(H,8,9)/t2?,3-,4+/m1/s1. The van der Waals surface area contributed by atoms with Crippen LogP contribution in [0.5, 0.6) is 0 Å². The summed E-state index contributed by atoms with van der Waals surface area (Å²) in [7, 11) is 5.21. The first-order chi connectivity index (χ1) is 4.61. The fraction of sp³-hybridized carbons (Fsp3) is 0.800. The van der Waals surface area contributed by atoms with Crippen molar-refractivity contribution < 1.29 is 19.7 Å². The minimum Gasteiger partial charge on any atom is -0.479 e. The van der Waals surface area contributed by atoms with Crippen molar-refractivity contribution in [2.24, 2.45) is 0 Å². The molecular formula is C5H7BO4. The first kappa shape index (κ1) is 7.56. The highest BCUT2D eigenvalue weighted by atomic mass is 16.5. The SMILES string of the molecule is [B][C@H]1CC(O)[C@@H](C(=O)O)O1. The molecule has 0 aromatic carbocycles. The van der Waals surface area contributed by atoms with E-state index in [-0.39, 0.29) is 6.42 Å². The second-order valence-electron chi connectivity index (χ2n) is 2.24. The Labute approximate surface area is 59.2 Å². The van der Waals surface area contributed by atoms with E-state index in [1.807, 2.05) is 0 Å². The maximum Gasteiger partial charge on any atom is 0.335 e. The van der Waals surface area contributed by atoms with Gasteiger partial charge in [-0.15, -0.1) is 0 Å². The Hall–Kier alpha value is -0.545. The van der Waals surface area contributed by atoms with Crippen molar-refractivity contribution in [3.05, 3.63) is 0 Å². The molecule has 1 rings (SSSR count). The molecule has 0 aliphatic carbocycles. The molecule has 0 spiro atoms. The van der Waals surface area contributed by atoms with Crippen molar-refractivity contribution in [1.82, 2.24) is 0 Å². The van der Waals surface area contributed by atoms with Crippen molar-refractivity contribution >= 4 is 13.8 Å². The minimum atomic E-state index is -1.17. The zero-order valence-electron chi connectivity index (χ0n) is 5.23. The number of aliphatic hydroxyl groups excluding tert-OH is 1. The molecule has 0 aromatic heterocycles. The molecule has 5 heteroatoms. The Balaban J connectivity index is 2.54. The van der Waals surface area contributed by atoms with Crippen LogP contribution >= 0.6 is 0 Å². The van der Waals surface area contributed by atoms with Crippen molar-refractivity contribution in [3.63, 3.8) is 0 Å². The molecule has 1 saturated heterocycles. The van der Waals surface area contributed by atoms with Gasteiger partial charge in [0.25, 0.3) is 0 Å². The number of aliphatic carboxylic acids is 1. The third-order valence-electron chi connectivity index (χ3n) is 1.39. The van der Waals surface area contributed by atoms with Crippen LogP contribution in [-0.2, 0) is 9.53 Å². The van der Waals surface area contributed by atoms with Gasteiger partial charge >= 0.3 is 5.97 Å². The van der Waals surface area contributed by atoms with E-state index in [0.29, 0.717) is 0 Å². The zero-order chi connectivity index (χ0) is 7.72. The van der Waals surface area contributed by atoms with Crippen molar-refractivity contribution in [3.8, 4) is 0 Å². The normalized spacial score (nSPS) is 39.9. The van der Waals surface area contributed by atoms with Gasteiger partial charge in [0.15, 0.2) is 6.10 Å². The van der Waals surface area contributed by atoms with Crippen LogP contribution in [0.25, 0.3) is 0 Å². The van der Waals surface area contributed by atoms with Crippen molar-refractivity contribution in [2.45, 2.75) is 24.6 Å². The average Bonchev–Trinajstić information content (AvgIpc) is 2.10. The fourth-order valence-electron chi connectivity index (χ4n) is 0.919. The van der Waals surface area contributed by atoms with Gasteiger partial charge in [-0.05, 0) is 6.42 Å². The lowest BCUT2D eigenvalue weighted by Gasteiger charge is -2.06. The molecule has 0 aromatic rings. The van der Waals surface area contributed by atoms with E-state index in [1.54, 1.807) is 0 Å². The van der Waals surface area contributed by atoms with Gasteiger partial charge in [0, 0.05) is 6.00 Å². The second kappa shape index (κ2) is 2.60. The van der Waals surface area contributed by atoms with Crippen LogP contribution in [0.15, 0.2) is 0 Å². The van der Waals surface area contributed by atoms with Crippen LogP contribution in [0.1, 0.15) is 6.42 Å². The molecule has 1 aliphatic heterocycles. The number of ether oxygens (including phenoxy) is 1. The highest BCUT2D eigenvalue weighted by Gasteiger charge is 2.36. The third-order valence-corrected chi connectivity index (χ3v) is 1.39. The molecule has 54 valence electrons. The van der Waals surface area contributed by atoms with E-state index in [2.05, 4.69) is 4.74 Å². The summed E-state index contributed by atoms with van der Waals surface area (Å²) in [5.74, 6) is -1.17. The average molecular weight is 142 g/mol. The molecule has 0 saturated carbocycles. The van der Waals surface area contributed by atoms with E-state index in [1.165, 1.54) is 0 Å². The van der Waals surface area contributed by atoms with Crippen LogP contribution in [-0.4, -0.2) is 42.2 Å². The number of carboxylic acids is 1. The number of carbonyl (C=O) groups is 1. The number of hydrogen-bond donors (Lipinski definition) is 2. The Morgan fingerprint density at radius 1 is 1.70 bits per heavy atom. The maximum atomic E-state index is 10.2. The predicted octanol–water partition coefficient (Wildman–Crippen LogP) is -1.28. The fourth-order valence-corrected chi connectivity index (χ4v) is 0.919. The lowest BCUT2D eigenvalue weighted by molar-refractivity contribution is -0.151. The smallest absolute Gasteiger partial charge is 0.335 e. The van der Waals surface area contributed by atoms with Gasteiger partial charge in [-0.1, -0.05) is 0 Å². The summed E-state index contributed by atoms with van der Waals surface area (Å²) in [5, 5.41) is 17.3. The maximum absolute atomic E-state index is 10.2. The van der Waals surface area contributed by atoms with Crippen LogP contribution in [0.4, 0.5) is 0 Å². The van der Waals surface area contributed by atoms with Crippen LogP contribution < -0.4 is 0 Å². The molecule has 1 heterocycles. The summed E-state index contributed by atoms with van der Waals surface area (Å²) in [4.78, 5) is 10.2. The summed E-state index contributed by atoms with van der Waals surface area (Å²) < 4.78 is 4.66. The third kappa shape index (κ3) is 1.30. The van der Waals surface area contributed by atoms with Gasteiger partial charge in [0.1, 0.15) is 7.85 Å². The summed E-state index contributed by atoms with van der Waals surface area (Å²) in [6.45, 7) is 0. The lowest BCUT2D eigenvalue weighted by Crippen LogP contribution is -2.29. The van der Waals surface area contributed by atoms with Gasteiger partial charge < -0.3 is 14.9 Å². The first-order valence-corrected chi connectivity index (χ1v) is 2.93. The topological polar surface area (TPSA) is 66.8 Å². The summed E-state index contributed by atoms with van der Waals surface area (Å²) >= 11 is 0. The van der Waals surface area contributed by atoms with Gasteiger partial charge in [-0.2, -0.15) is 0 Å². The number of carboxylic acid groups (broad SMARTS) is 1. The van der Waals surface area contributed by atoms with Gasteiger partial charge in [-0.3, -0.25) is 0 Å². The summed E-state index contributed by atoms with van der Waals surface area (Å²) in [6, 6.07) is -0.643. The molecule has 3 atom stereocenters. The lowest BCUT2D eigenvalue weighted by atomic mass is 9.96. The minimum absolute atomic E-state index is 0.191. The molecular weight excluding hydrogens is 135 g/mol. The summed E-state index contributed by atoms with van der Waals surface area (Å²) in [5.41, 5.74) is 0. The van der Waals surface area contributed by atoms with E-state index in [4.69, 9.17) is 18.1 Å². The Morgan fingerprint density at radius 3 is 2.50 bits per heavy atom. The van der Waals surface area contributed by atoms with Crippen LogP contribution in [0.3, 0.4) is 0 Å². The molecule has 2 radical (unpaired) electrons. The van der Waals surface area contributed by atoms with Crippen LogP contribution in [0.2, 0.25) is 0 Å². The molecule has 0 amide bonds. The van der Waals surface area contributed by atoms with Gasteiger partial charge in [0.2, 0.25) is 0 Å². The molecule has 1 unspecified atom stereocenters. The number of hydrogen-bond acceptors (Lipinski definition) is 3. The Morgan fingerprint density at radius 2 is 2.30 bits per heavy atom. The van der Waals surface area contributed by atoms with E-state index in [9.17, 15) is 4.79 Å². The quantitative estimate of drug-likeness (QED) is 0.447.